The van der Waals surface area contributed by atoms with Crippen LogP contribution in [0.25, 0.3) is 0 Å². The largest absolute Gasteiger partial charge is 0.573 e. The van der Waals surface area contributed by atoms with Gasteiger partial charge in [0.1, 0.15) is 0 Å². The van der Waals surface area contributed by atoms with E-state index < -0.39 is 18.7 Å². The van der Waals surface area contributed by atoms with Gasteiger partial charge in [0.2, 0.25) is 0 Å². The summed E-state index contributed by atoms with van der Waals surface area (Å²) >= 11 is 7.17. The van der Waals surface area contributed by atoms with E-state index in [1.54, 1.807) is 22.6 Å². The van der Waals surface area contributed by atoms with Gasteiger partial charge >= 0.3 is 6.36 Å². The molecule has 1 aromatic rings. The predicted molar refractivity (Wildman–Crippen MR) is 59.1 cm³/mol. The van der Waals surface area contributed by atoms with E-state index in [1.165, 1.54) is 6.20 Å². The number of aromatic nitrogens is 1. The molecule has 0 aromatic carbocycles. The second-order valence-electron chi connectivity index (χ2n) is 2.70. The monoisotopic (exact) mass is 367 g/mol. The van der Waals surface area contributed by atoms with Gasteiger partial charge < -0.3 is 9.84 Å². The van der Waals surface area contributed by atoms with Crippen molar-refractivity contribution in [2.24, 2.45) is 0 Å². The number of alkyl halides is 4. The average Bonchev–Trinajstić information content (AvgIpc) is 2.19. The van der Waals surface area contributed by atoms with Gasteiger partial charge in [-0.15, -0.1) is 24.8 Å². The Bertz CT molecular complexity index is 386. The highest BCUT2D eigenvalue weighted by Gasteiger charge is 2.33. The van der Waals surface area contributed by atoms with E-state index >= 15 is 0 Å². The van der Waals surface area contributed by atoms with Crippen molar-refractivity contribution in [3.8, 4) is 5.75 Å². The fraction of sp³-hybridized carbons (Fsp3) is 0.375. The first-order valence-corrected chi connectivity index (χ1v) is 5.59. The van der Waals surface area contributed by atoms with E-state index in [-0.39, 0.29) is 20.7 Å². The Kier molecular flexibility index (Phi) is 4.62. The maximum Gasteiger partial charge on any atom is 0.573 e. The zero-order valence-electron chi connectivity index (χ0n) is 7.68. The SMILES string of the molecule is OCc1ncc(I)c(OC(F)(F)F)c1CCl. The normalized spacial score (nSPS) is 11.6. The van der Waals surface area contributed by atoms with Crippen LogP contribution in [0.3, 0.4) is 0 Å². The third-order valence-electron chi connectivity index (χ3n) is 1.67. The molecule has 1 aromatic heterocycles. The Balaban J connectivity index is 3.23. The third kappa shape index (κ3) is 3.36. The molecule has 0 aliphatic rings. The predicted octanol–water partition coefficient (Wildman–Crippen LogP) is 2.82. The second-order valence-corrected chi connectivity index (χ2v) is 4.13. The molecule has 0 unspecified atom stereocenters. The van der Waals surface area contributed by atoms with Gasteiger partial charge in [-0.05, 0) is 22.6 Å². The van der Waals surface area contributed by atoms with Gasteiger partial charge in [0, 0.05) is 11.8 Å². The molecule has 1 rings (SSSR count). The van der Waals surface area contributed by atoms with Crippen molar-refractivity contribution in [3.63, 3.8) is 0 Å². The molecule has 3 nitrogen and oxygen atoms in total. The van der Waals surface area contributed by atoms with E-state index in [9.17, 15) is 13.2 Å². The maximum absolute atomic E-state index is 12.1. The summed E-state index contributed by atoms with van der Waals surface area (Å²) in [5.41, 5.74) is 0.128. The summed E-state index contributed by atoms with van der Waals surface area (Å²) in [6.45, 7) is -0.493. The summed E-state index contributed by atoms with van der Waals surface area (Å²) in [5, 5.41) is 8.90. The van der Waals surface area contributed by atoms with Gasteiger partial charge in [-0.25, -0.2) is 0 Å². The second kappa shape index (κ2) is 5.37. The molecule has 0 bridgehead atoms. The van der Waals surface area contributed by atoms with Crippen LogP contribution in [0.4, 0.5) is 13.2 Å². The Hall–Kier alpha value is -0.280. The van der Waals surface area contributed by atoms with Crippen LogP contribution in [0.5, 0.6) is 5.75 Å². The molecule has 0 atom stereocenters. The topological polar surface area (TPSA) is 42.4 Å². The van der Waals surface area contributed by atoms with Crippen molar-refractivity contribution in [3.05, 3.63) is 21.0 Å². The summed E-state index contributed by atoms with van der Waals surface area (Å²) in [6.07, 6.45) is -3.61. The molecule has 8 heteroatoms. The van der Waals surface area contributed by atoms with Crippen molar-refractivity contribution in [1.82, 2.24) is 4.98 Å². The highest BCUT2D eigenvalue weighted by Crippen LogP contribution is 2.33. The van der Waals surface area contributed by atoms with Crippen LogP contribution >= 0.6 is 34.2 Å². The smallest absolute Gasteiger partial charge is 0.404 e. The highest BCUT2D eigenvalue weighted by atomic mass is 127. The zero-order chi connectivity index (χ0) is 12.3. The number of hydrogen-bond donors (Lipinski definition) is 1. The van der Waals surface area contributed by atoms with E-state index in [0.29, 0.717) is 0 Å². The molecule has 0 saturated carbocycles. The number of aliphatic hydroxyl groups excluding tert-OH is 1. The lowest BCUT2D eigenvalue weighted by molar-refractivity contribution is -0.275. The summed E-state index contributed by atoms with van der Waals surface area (Å²) in [7, 11) is 0. The minimum Gasteiger partial charge on any atom is -0.404 e. The Morgan fingerprint density at radius 3 is 2.56 bits per heavy atom. The first-order chi connectivity index (χ1) is 7.39. The standard InChI is InChI=1S/C8H6ClF3INO2/c9-1-4-6(3-15)14-2-5(13)7(4)16-8(10,11)12/h2,15H,1,3H2. The van der Waals surface area contributed by atoms with Gasteiger partial charge in [0.05, 0.1) is 21.8 Å². The average molecular weight is 367 g/mol. The molecular weight excluding hydrogens is 361 g/mol. The van der Waals surface area contributed by atoms with Gasteiger partial charge in [-0.2, -0.15) is 0 Å². The molecule has 16 heavy (non-hydrogen) atoms. The van der Waals surface area contributed by atoms with Crippen molar-refractivity contribution < 1.29 is 23.0 Å². The Morgan fingerprint density at radius 1 is 1.50 bits per heavy atom. The summed E-state index contributed by atoms with van der Waals surface area (Å²) in [6, 6.07) is 0. The number of nitrogens with zero attached hydrogens (tertiary/aromatic N) is 1. The summed E-state index contributed by atoms with van der Waals surface area (Å²) in [5.74, 6) is -0.618. The molecule has 0 fully saturated rings. The lowest BCUT2D eigenvalue weighted by atomic mass is 10.2. The molecule has 90 valence electrons. The number of halogens is 5. The van der Waals surface area contributed by atoms with Crippen molar-refractivity contribution >= 4 is 34.2 Å². The molecule has 0 aliphatic carbocycles. The molecule has 1 N–H and O–H groups in total. The Labute approximate surface area is 108 Å². The quantitative estimate of drug-likeness (QED) is 0.660. The Morgan fingerprint density at radius 2 is 2.12 bits per heavy atom. The minimum atomic E-state index is -4.80. The minimum absolute atomic E-state index is 0.0494. The molecule has 0 aliphatic heterocycles. The van der Waals surface area contributed by atoms with Crippen LogP contribution in [0.15, 0.2) is 6.20 Å². The van der Waals surface area contributed by atoms with Crippen LogP contribution in [-0.2, 0) is 12.5 Å². The molecule has 0 saturated heterocycles. The zero-order valence-corrected chi connectivity index (χ0v) is 10.6. The van der Waals surface area contributed by atoms with Crippen LogP contribution in [0.1, 0.15) is 11.3 Å². The van der Waals surface area contributed by atoms with Gasteiger partial charge in [-0.1, -0.05) is 0 Å². The molecule has 0 radical (unpaired) electrons. The van der Waals surface area contributed by atoms with Gasteiger partial charge in [0.15, 0.2) is 5.75 Å². The first-order valence-electron chi connectivity index (χ1n) is 3.98. The van der Waals surface area contributed by atoms with Crippen molar-refractivity contribution in [1.29, 1.82) is 0 Å². The summed E-state index contributed by atoms with van der Waals surface area (Å²) in [4.78, 5) is 3.77. The first kappa shape index (κ1) is 13.8. The lowest BCUT2D eigenvalue weighted by Gasteiger charge is -2.15. The number of rotatable bonds is 3. The van der Waals surface area contributed by atoms with Crippen LogP contribution in [0, 0.1) is 3.57 Å². The molecule has 1 heterocycles. The summed E-state index contributed by atoms with van der Waals surface area (Å²) < 4.78 is 40.4. The third-order valence-corrected chi connectivity index (χ3v) is 2.71. The number of hydrogen-bond acceptors (Lipinski definition) is 3. The molecule has 0 amide bonds. The number of pyridine rings is 1. The fourth-order valence-electron chi connectivity index (χ4n) is 1.05. The van der Waals surface area contributed by atoms with Crippen LogP contribution < -0.4 is 4.74 Å². The van der Waals surface area contributed by atoms with Gasteiger partial charge in [0.25, 0.3) is 0 Å². The highest BCUT2D eigenvalue weighted by molar-refractivity contribution is 14.1. The lowest BCUT2D eigenvalue weighted by Crippen LogP contribution is -2.19. The number of aliphatic hydroxyl groups is 1. The fourth-order valence-corrected chi connectivity index (χ4v) is 1.90. The van der Waals surface area contributed by atoms with Crippen molar-refractivity contribution in [2.75, 3.05) is 0 Å². The van der Waals surface area contributed by atoms with Gasteiger partial charge in [-0.3, -0.25) is 4.98 Å². The maximum atomic E-state index is 12.1. The van der Waals surface area contributed by atoms with E-state index in [4.69, 9.17) is 16.7 Å². The van der Waals surface area contributed by atoms with Crippen LogP contribution in [0.2, 0.25) is 0 Å². The van der Waals surface area contributed by atoms with E-state index in [1.807, 2.05) is 0 Å². The van der Waals surface area contributed by atoms with E-state index in [0.717, 1.165) is 0 Å². The molecule has 0 spiro atoms. The van der Waals surface area contributed by atoms with Crippen molar-refractivity contribution in [2.45, 2.75) is 18.8 Å². The molecular formula is C8H6ClF3INO2. The van der Waals surface area contributed by atoms with E-state index in [2.05, 4.69) is 9.72 Å². The number of ether oxygens (including phenoxy) is 1. The van der Waals surface area contributed by atoms with Crippen LogP contribution in [-0.4, -0.2) is 16.5 Å².